The van der Waals surface area contributed by atoms with Crippen LogP contribution in [0.3, 0.4) is 0 Å². The summed E-state index contributed by atoms with van der Waals surface area (Å²) in [5.41, 5.74) is 0. The van der Waals surface area contributed by atoms with Gasteiger partial charge in [-0.15, -0.1) is 68.0 Å². The molecule has 71 heavy (non-hydrogen) atoms. The lowest BCUT2D eigenvalue weighted by molar-refractivity contribution is -0.147. The van der Waals surface area contributed by atoms with E-state index >= 15 is 0 Å². The number of aliphatic hydroxyl groups excluding tert-OH is 3. The summed E-state index contributed by atoms with van der Waals surface area (Å²) in [6.45, 7) is 4.04. The fourth-order valence-corrected chi connectivity index (χ4v) is 9.28. The van der Waals surface area contributed by atoms with Crippen molar-refractivity contribution in [3.63, 3.8) is 0 Å². The molecular formula is C48H49N6O9S8-3. The molecule has 2 unspecified atom stereocenters. The van der Waals surface area contributed by atoms with Crippen molar-refractivity contribution in [2.45, 2.75) is 95.9 Å². The van der Waals surface area contributed by atoms with Crippen LogP contribution in [-0.4, -0.2) is 33.2 Å². The molecule has 6 atom stereocenters. The van der Waals surface area contributed by atoms with E-state index < -0.39 is 36.6 Å². The first kappa shape index (κ1) is 67.2. The minimum atomic E-state index is -0.593. The van der Waals surface area contributed by atoms with Crippen LogP contribution in [0.2, 0.25) is 0 Å². The minimum Gasteiger partial charge on any atom is -2.00 e. The van der Waals surface area contributed by atoms with Crippen LogP contribution in [0, 0.1) is 68.0 Å². The predicted molar refractivity (Wildman–Crippen MR) is 282 cm³/mol. The molecule has 0 aliphatic heterocycles. The Hall–Kier alpha value is -5.87. The van der Waals surface area contributed by atoms with Crippen molar-refractivity contribution in [1.29, 1.82) is 31.6 Å². The van der Waals surface area contributed by atoms with E-state index in [4.69, 9.17) is 45.8 Å². The number of thiophene rings is 6. The van der Waals surface area contributed by atoms with Gasteiger partial charge >= 0.3 is 17.9 Å². The monoisotopic (exact) mass is 1110 g/mol. The van der Waals surface area contributed by atoms with Gasteiger partial charge in [0.2, 0.25) is 0 Å². The summed E-state index contributed by atoms with van der Waals surface area (Å²) in [6, 6.07) is 34.0. The van der Waals surface area contributed by atoms with E-state index in [-0.39, 0.29) is 83.4 Å². The number of esters is 3. The van der Waals surface area contributed by atoms with Gasteiger partial charge in [-0.1, -0.05) is 36.4 Å². The van der Waals surface area contributed by atoms with Crippen molar-refractivity contribution in [2.24, 2.45) is 0 Å². The van der Waals surface area contributed by atoms with Crippen LogP contribution < -0.4 is 0 Å². The molecule has 15 nitrogen and oxygen atoms in total. The van der Waals surface area contributed by atoms with E-state index in [1.807, 2.05) is 141 Å². The second kappa shape index (κ2) is 41.9. The number of carbonyl (C=O) groups excluding carboxylic acids is 3. The third kappa shape index (κ3) is 30.5. The third-order valence-corrected chi connectivity index (χ3v) is 13.6. The maximum absolute atomic E-state index is 10.7. The van der Waals surface area contributed by atoms with Crippen LogP contribution in [0.5, 0.6) is 0 Å². The highest BCUT2D eigenvalue weighted by atomic mass is 32.1. The largest absolute Gasteiger partial charge is 2.00 e. The Labute approximate surface area is 451 Å². The molecular weight excluding hydrogens is 1060 g/mol. The Morgan fingerprint density at radius 1 is 0.408 bits per heavy atom. The average molecular weight is 1110 g/mol. The molecule has 23 heteroatoms. The standard InChI is InChI=1S/3C9H9NO2S.3C7H7NOS.H2S.S/c3*1-7(11)12-8(4-5-10)9-3-2-6-13-9;3*8-4-3-6(9)7-2-1-5-10-7;;/h3*2-3,6,8H,4H2,1H3;3*1-2,5-6,9H,3H2;1H2;/q;;;;;;;-2/p-1/t2*8-;;2*6-;;;/m10.10.../s1. The van der Waals surface area contributed by atoms with E-state index in [1.54, 1.807) is 0 Å². The number of ether oxygens (including phenoxy) is 3. The fraction of sp³-hybridized carbons (Fsp3) is 0.312. The molecule has 0 spiro atoms. The molecule has 0 aliphatic carbocycles. The first-order chi connectivity index (χ1) is 33.2. The summed E-state index contributed by atoms with van der Waals surface area (Å²) in [7, 11) is 0. The van der Waals surface area contributed by atoms with Gasteiger partial charge in [0.1, 0.15) is 36.6 Å². The molecule has 3 N–H and O–H groups in total. The Kier molecular flexibility index (Phi) is 39.6. The molecule has 6 aromatic rings. The van der Waals surface area contributed by atoms with Gasteiger partial charge in [-0.25, -0.2) is 0 Å². The maximum Gasteiger partial charge on any atom is 0.303 e. The zero-order chi connectivity index (χ0) is 51.2. The van der Waals surface area contributed by atoms with Crippen molar-refractivity contribution in [3.8, 4) is 36.4 Å². The van der Waals surface area contributed by atoms with E-state index in [0.717, 1.165) is 29.3 Å². The van der Waals surface area contributed by atoms with E-state index in [1.165, 1.54) is 88.8 Å². The predicted octanol–water partition coefficient (Wildman–Crippen LogP) is 11.6. The van der Waals surface area contributed by atoms with Crippen molar-refractivity contribution in [1.82, 2.24) is 0 Å². The zero-order valence-electron chi connectivity index (χ0n) is 38.4. The van der Waals surface area contributed by atoms with E-state index in [0.29, 0.717) is 0 Å². The Morgan fingerprint density at radius 2 is 0.592 bits per heavy atom. The van der Waals surface area contributed by atoms with Gasteiger partial charge in [0.15, 0.2) is 0 Å². The van der Waals surface area contributed by atoms with Gasteiger partial charge in [0.25, 0.3) is 0 Å². The number of hydrogen-bond acceptors (Lipinski definition) is 22. The number of carbonyl (C=O) groups is 3. The molecule has 6 rings (SSSR count). The molecule has 0 aromatic carbocycles. The molecule has 0 bridgehead atoms. The van der Waals surface area contributed by atoms with Crippen LogP contribution in [0.4, 0.5) is 0 Å². The van der Waals surface area contributed by atoms with Gasteiger partial charge in [-0.2, -0.15) is 31.6 Å². The highest BCUT2D eigenvalue weighted by molar-refractivity contribution is 7.37. The third-order valence-electron chi connectivity index (χ3n) is 7.81. The first-order valence-electron chi connectivity index (χ1n) is 20.2. The van der Waals surface area contributed by atoms with E-state index in [2.05, 4.69) is 0 Å². The molecule has 0 radical (unpaired) electrons. The molecule has 376 valence electrons. The number of hydrogen-bond donors (Lipinski definition) is 3. The second-order valence-corrected chi connectivity index (χ2v) is 19.0. The van der Waals surface area contributed by atoms with Crippen LogP contribution in [-0.2, 0) is 55.6 Å². The number of nitriles is 6. The van der Waals surface area contributed by atoms with Gasteiger partial charge in [-0.05, 0) is 68.7 Å². The van der Waals surface area contributed by atoms with Gasteiger partial charge < -0.3 is 56.5 Å². The van der Waals surface area contributed by atoms with Crippen LogP contribution in [0.25, 0.3) is 0 Å². The summed E-state index contributed by atoms with van der Waals surface area (Å²) >= 11 is 8.86. The summed E-state index contributed by atoms with van der Waals surface area (Å²) in [4.78, 5) is 37.4. The number of rotatable bonds is 15. The number of nitrogens with zero attached hydrogens (tertiary/aromatic N) is 6. The lowest BCUT2D eigenvalue weighted by Gasteiger charge is -2.11. The lowest BCUT2D eigenvalue weighted by atomic mass is 10.2. The summed E-state index contributed by atoms with van der Waals surface area (Å²) in [5.74, 6) is -1.06. The first-order valence-corrected chi connectivity index (χ1v) is 25.5. The smallest absolute Gasteiger partial charge is 0.303 e. The van der Waals surface area contributed by atoms with Gasteiger partial charge in [0, 0.05) is 50.0 Å². The SMILES string of the molecule is CC(=O)OC(CC#N)c1cccs1.CC(=O)O[C@@H](CC#N)c1cccs1.CC(=O)O[C@H](CC#N)c1cccs1.N#CCC(O)c1cccs1.N#CC[C@@H](O)c1cccs1.N#CC[C@H](O)c1cccs1.[S-2].[SH-]. The fourth-order valence-electron chi connectivity index (χ4n) is 4.88. The molecule has 6 heterocycles. The molecule has 0 amide bonds. The van der Waals surface area contributed by atoms with Crippen molar-refractivity contribution in [3.05, 3.63) is 134 Å². The molecule has 0 saturated heterocycles. The number of thiol groups is 1. The van der Waals surface area contributed by atoms with Crippen molar-refractivity contribution >= 4 is 113 Å². The Morgan fingerprint density at radius 3 is 0.732 bits per heavy atom. The van der Waals surface area contributed by atoms with Crippen LogP contribution >= 0.6 is 68.0 Å². The lowest BCUT2D eigenvalue weighted by Crippen LogP contribution is -2.06. The van der Waals surface area contributed by atoms with Gasteiger partial charge in [0.05, 0.1) is 74.9 Å². The highest BCUT2D eigenvalue weighted by Gasteiger charge is 2.17. The maximum atomic E-state index is 10.7. The quantitative estimate of drug-likeness (QED) is 0.0373. The summed E-state index contributed by atoms with van der Waals surface area (Å²) < 4.78 is 15.0. The molecule has 0 saturated carbocycles. The zero-order valence-corrected chi connectivity index (χ0v) is 45.0. The normalized spacial score (nSPS) is 11.7. The number of aliphatic hydroxyl groups is 3. The van der Waals surface area contributed by atoms with Crippen molar-refractivity contribution < 1.29 is 43.9 Å². The molecule has 0 aliphatic rings. The average Bonchev–Trinajstić information content (AvgIpc) is 4.18. The molecule has 0 fully saturated rings. The summed E-state index contributed by atoms with van der Waals surface area (Å²) in [5, 5.41) is 89.1. The second-order valence-electron chi connectivity index (χ2n) is 13.1. The molecule has 6 aromatic heterocycles. The highest BCUT2D eigenvalue weighted by Crippen LogP contribution is 2.28. The van der Waals surface area contributed by atoms with Crippen LogP contribution in [0.15, 0.2) is 105 Å². The Balaban J connectivity index is 0. The Bertz CT molecular complexity index is 2250. The topological polar surface area (TPSA) is 282 Å². The van der Waals surface area contributed by atoms with Gasteiger partial charge in [-0.3, -0.25) is 14.4 Å². The van der Waals surface area contributed by atoms with E-state index in [9.17, 15) is 29.7 Å². The summed E-state index contributed by atoms with van der Waals surface area (Å²) in [6.07, 6.45) is -1.81. The van der Waals surface area contributed by atoms with Crippen molar-refractivity contribution in [2.75, 3.05) is 0 Å². The minimum absolute atomic E-state index is 0. The van der Waals surface area contributed by atoms with Crippen LogP contribution in [0.1, 0.15) is 125 Å².